The molecule has 0 aromatic heterocycles. The number of ether oxygens (including phenoxy) is 2. The van der Waals surface area contributed by atoms with Gasteiger partial charge in [-0.15, -0.1) is 0 Å². The summed E-state index contributed by atoms with van der Waals surface area (Å²) < 4.78 is 10.3. The van der Waals surface area contributed by atoms with Crippen molar-refractivity contribution in [1.82, 2.24) is 10.2 Å². The summed E-state index contributed by atoms with van der Waals surface area (Å²) in [6, 6.07) is 5.70. The van der Waals surface area contributed by atoms with Crippen LogP contribution in [0.4, 0.5) is 0 Å². The predicted octanol–water partition coefficient (Wildman–Crippen LogP) is 2.02. The zero-order valence-electron chi connectivity index (χ0n) is 11.9. The molecule has 0 aliphatic rings. The summed E-state index contributed by atoms with van der Waals surface area (Å²) in [7, 11) is 5.46. The maximum absolute atomic E-state index is 6.17. The fourth-order valence-corrected chi connectivity index (χ4v) is 1.98. The maximum atomic E-state index is 6.17. The summed E-state index contributed by atoms with van der Waals surface area (Å²) in [5.74, 6) is 0.827. The number of methoxy groups -OCH3 is 2. The lowest BCUT2D eigenvalue weighted by Crippen LogP contribution is -2.31. The van der Waals surface area contributed by atoms with Crippen molar-refractivity contribution in [3.8, 4) is 5.75 Å². The molecular formula is C14H23ClN2O2. The highest BCUT2D eigenvalue weighted by atomic mass is 35.5. The van der Waals surface area contributed by atoms with E-state index in [1.165, 1.54) is 0 Å². The number of rotatable bonds is 9. The summed E-state index contributed by atoms with van der Waals surface area (Å²) >= 11 is 6.17. The van der Waals surface area contributed by atoms with Crippen LogP contribution >= 0.6 is 11.6 Å². The van der Waals surface area contributed by atoms with E-state index in [-0.39, 0.29) is 0 Å². The Morgan fingerprint density at radius 3 is 2.74 bits per heavy atom. The van der Waals surface area contributed by atoms with E-state index < -0.39 is 0 Å². The number of hydrogen-bond donors (Lipinski definition) is 1. The SMILES string of the molecule is COCCN(C)CCNCc1c(Cl)cccc1OC. The molecule has 1 rings (SSSR count). The molecule has 108 valence electrons. The van der Waals surface area contributed by atoms with Crippen LogP contribution in [0, 0.1) is 0 Å². The first kappa shape index (κ1) is 16.2. The fourth-order valence-electron chi connectivity index (χ4n) is 1.74. The van der Waals surface area contributed by atoms with Crippen molar-refractivity contribution >= 4 is 11.6 Å². The molecule has 1 aromatic rings. The molecule has 0 unspecified atom stereocenters. The number of nitrogens with one attached hydrogen (secondary N) is 1. The molecule has 0 saturated heterocycles. The first-order valence-corrected chi connectivity index (χ1v) is 6.76. The summed E-state index contributed by atoms with van der Waals surface area (Å²) in [5.41, 5.74) is 1.01. The predicted molar refractivity (Wildman–Crippen MR) is 79.1 cm³/mol. The van der Waals surface area contributed by atoms with Crippen LogP contribution in [-0.4, -0.2) is 52.4 Å². The number of hydrogen-bond acceptors (Lipinski definition) is 4. The van der Waals surface area contributed by atoms with E-state index in [0.29, 0.717) is 6.54 Å². The third-order valence-corrected chi connectivity index (χ3v) is 3.30. The van der Waals surface area contributed by atoms with Gasteiger partial charge in [-0.3, -0.25) is 0 Å². The maximum Gasteiger partial charge on any atom is 0.124 e. The van der Waals surface area contributed by atoms with Crippen LogP contribution in [0.5, 0.6) is 5.75 Å². The minimum Gasteiger partial charge on any atom is -0.496 e. The molecule has 0 bridgehead atoms. The lowest BCUT2D eigenvalue weighted by atomic mass is 10.2. The summed E-state index contributed by atoms with van der Waals surface area (Å²) in [6.45, 7) is 4.27. The summed E-state index contributed by atoms with van der Waals surface area (Å²) in [6.07, 6.45) is 0. The van der Waals surface area contributed by atoms with E-state index in [1.807, 2.05) is 18.2 Å². The second-order valence-corrected chi connectivity index (χ2v) is 4.80. The van der Waals surface area contributed by atoms with E-state index in [2.05, 4.69) is 17.3 Å². The van der Waals surface area contributed by atoms with Gasteiger partial charge >= 0.3 is 0 Å². The van der Waals surface area contributed by atoms with Crippen LogP contribution in [0.15, 0.2) is 18.2 Å². The Balaban J connectivity index is 2.33. The van der Waals surface area contributed by atoms with Gasteiger partial charge in [-0.25, -0.2) is 0 Å². The monoisotopic (exact) mass is 286 g/mol. The number of halogens is 1. The summed E-state index contributed by atoms with van der Waals surface area (Å²) in [4.78, 5) is 2.22. The van der Waals surface area contributed by atoms with Gasteiger partial charge in [0, 0.05) is 43.9 Å². The average molecular weight is 287 g/mol. The number of benzene rings is 1. The van der Waals surface area contributed by atoms with Crippen LogP contribution in [0.1, 0.15) is 5.56 Å². The Morgan fingerprint density at radius 1 is 1.26 bits per heavy atom. The molecule has 1 N–H and O–H groups in total. The van der Waals surface area contributed by atoms with Gasteiger partial charge in [0.05, 0.1) is 13.7 Å². The largest absolute Gasteiger partial charge is 0.496 e. The van der Waals surface area contributed by atoms with Crippen molar-refractivity contribution in [2.75, 3.05) is 47.5 Å². The van der Waals surface area contributed by atoms with Gasteiger partial charge < -0.3 is 19.7 Å². The van der Waals surface area contributed by atoms with Gasteiger partial charge in [0.1, 0.15) is 5.75 Å². The molecule has 5 heteroatoms. The highest BCUT2D eigenvalue weighted by Crippen LogP contribution is 2.25. The molecule has 4 nitrogen and oxygen atoms in total. The van der Waals surface area contributed by atoms with Gasteiger partial charge in [0.25, 0.3) is 0 Å². The first-order valence-electron chi connectivity index (χ1n) is 6.38. The first-order chi connectivity index (χ1) is 9.19. The lowest BCUT2D eigenvalue weighted by Gasteiger charge is -2.17. The van der Waals surface area contributed by atoms with E-state index >= 15 is 0 Å². The molecule has 0 saturated carbocycles. The molecule has 0 amide bonds. The third-order valence-electron chi connectivity index (χ3n) is 2.94. The fraction of sp³-hybridized carbons (Fsp3) is 0.571. The van der Waals surface area contributed by atoms with Crippen molar-refractivity contribution < 1.29 is 9.47 Å². The normalized spacial score (nSPS) is 11.0. The zero-order chi connectivity index (χ0) is 14.1. The van der Waals surface area contributed by atoms with Crippen molar-refractivity contribution in [2.24, 2.45) is 0 Å². The Labute approximate surface area is 120 Å². The molecule has 0 fully saturated rings. The van der Waals surface area contributed by atoms with Gasteiger partial charge in [0.2, 0.25) is 0 Å². The molecule has 0 aliphatic carbocycles. The highest BCUT2D eigenvalue weighted by molar-refractivity contribution is 6.31. The molecular weight excluding hydrogens is 264 g/mol. The molecule has 0 heterocycles. The van der Waals surface area contributed by atoms with Crippen LogP contribution in [-0.2, 0) is 11.3 Å². The van der Waals surface area contributed by atoms with Crippen molar-refractivity contribution in [2.45, 2.75) is 6.54 Å². The topological polar surface area (TPSA) is 33.7 Å². The Hall–Kier alpha value is -0.810. The molecule has 0 atom stereocenters. The van der Waals surface area contributed by atoms with Gasteiger partial charge in [-0.1, -0.05) is 17.7 Å². The van der Waals surface area contributed by atoms with E-state index in [9.17, 15) is 0 Å². The molecule has 0 radical (unpaired) electrons. The standard InChI is InChI=1S/C14H23ClN2O2/c1-17(9-10-18-2)8-7-16-11-12-13(15)5-4-6-14(12)19-3/h4-6,16H,7-11H2,1-3H3. The van der Waals surface area contributed by atoms with Crippen LogP contribution < -0.4 is 10.1 Å². The number of likely N-dealkylation sites (N-methyl/N-ethyl adjacent to an activating group) is 1. The van der Waals surface area contributed by atoms with E-state index in [1.54, 1.807) is 14.2 Å². The Kier molecular flexibility index (Phi) is 7.82. The molecule has 0 spiro atoms. The average Bonchev–Trinajstić information content (AvgIpc) is 2.42. The molecule has 0 aliphatic heterocycles. The second-order valence-electron chi connectivity index (χ2n) is 4.39. The minimum atomic E-state index is 0.709. The Bertz CT molecular complexity index is 374. The van der Waals surface area contributed by atoms with E-state index in [4.69, 9.17) is 21.1 Å². The van der Waals surface area contributed by atoms with Crippen molar-refractivity contribution in [1.29, 1.82) is 0 Å². The summed E-state index contributed by atoms with van der Waals surface area (Å²) in [5, 5.41) is 4.11. The van der Waals surface area contributed by atoms with Crippen molar-refractivity contribution in [3.05, 3.63) is 28.8 Å². The lowest BCUT2D eigenvalue weighted by molar-refractivity contribution is 0.161. The quantitative estimate of drug-likeness (QED) is 0.704. The van der Waals surface area contributed by atoms with Crippen LogP contribution in [0.2, 0.25) is 5.02 Å². The van der Waals surface area contributed by atoms with Gasteiger partial charge in [-0.05, 0) is 19.2 Å². The second kappa shape index (κ2) is 9.15. The number of nitrogens with zero attached hydrogens (tertiary/aromatic N) is 1. The van der Waals surface area contributed by atoms with Crippen molar-refractivity contribution in [3.63, 3.8) is 0 Å². The highest BCUT2D eigenvalue weighted by Gasteiger charge is 2.06. The van der Waals surface area contributed by atoms with Gasteiger partial charge in [0.15, 0.2) is 0 Å². The van der Waals surface area contributed by atoms with E-state index in [0.717, 1.165) is 42.6 Å². The third kappa shape index (κ3) is 5.78. The zero-order valence-corrected chi connectivity index (χ0v) is 12.7. The molecule has 19 heavy (non-hydrogen) atoms. The minimum absolute atomic E-state index is 0.709. The smallest absolute Gasteiger partial charge is 0.124 e. The van der Waals surface area contributed by atoms with Crippen LogP contribution in [0.3, 0.4) is 0 Å². The molecule has 1 aromatic carbocycles. The Morgan fingerprint density at radius 2 is 2.05 bits per heavy atom. The van der Waals surface area contributed by atoms with Gasteiger partial charge in [-0.2, -0.15) is 0 Å². The van der Waals surface area contributed by atoms with Crippen LogP contribution in [0.25, 0.3) is 0 Å².